The smallest absolute Gasteiger partial charge is 0.243 e. The van der Waals surface area contributed by atoms with Crippen molar-refractivity contribution >= 4 is 15.9 Å². The lowest BCUT2D eigenvalue weighted by Crippen LogP contribution is -2.45. The Balaban J connectivity index is 1.94. The summed E-state index contributed by atoms with van der Waals surface area (Å²) in [5, 5.41) is 2.87. The molecule has 0 aromatic heterocycles. The molecule has 0 spiro atoms. The molecule has 0 aliphatic carbocycles. The van der Waals surface area contributed by atoms with Crippen LogP contribution in [0.1, 0.15) is 19.8 Å². The molecule has 0 saturated carbocycles. The van der Waals surface area contributed by atoms with Gasteiger partial charge in [0.15, 0.2) is 0 Å². The number of hydrogen-bond acceptors (Lipinski definition) is 4. The standard InChI is InChI=1S/C16H23FN2O4S/c1-12(11-23-2)18-16(20)13-7-9-19(10-8-13)24(21,22)15-5-3-14(17)4-6-15/h3-6,12-13H,7-11H2,1-2H3,(H,18,20)/t12-/m1/s1. The summed E-state index contributed by atoms with van der Waals surface area (Å²) in [5.41, 5.74) is 0. The topological polar surface area (TPSA) is 75.7 Å². The Labute approximate surface area is 142 Å². The molecule has 1 heterocycles. The summed E-state index contributed by atoms with van der Waals surface area (Å²) in [6, 6.07) is 4.70. The Morgan fingerprint density at radius 1 is 1.33 bits per heavy atom. The number of nitrogens with zero attached hydrogens (tertiary/aromatic N) is 1. The number of benzene rings is 1. The summed E-state index contributed by atoms with van der Waals surface area (Å²) in [6.45, 7) is 2.84. The summed E-state index contributed by atoms with van der Waals surface area (Å²) in [4.78, 5) is 12.2. The van der Waals surface area contributed by atoms with Crippen LogP contribution >= 0.6 is 0 Å². The third kappa shape index (κ3) is 4.52. The highest BCUT2D eigenvalue weighted by atomic mass is 32.2. The van der Waals surface area contributed by atoms with Gasteiger partial charge in [-0.1, -0.05) is 0 Å². The van der Waals surface area contributed by atoms with Crippen molar-refractivity contribution < 1.29 is 22.3 Å². The average molecular weight is 358 g/mol. The van der Waals surface area contributed by atoms with E-state index in [4.69, 9.17) is 4.74 Å². The lowest BCUT2D eigenvalue weighted by molar-refractivity contribution is -0.127. The molecule has 0 unspecified atom stereocenters. The first-order valence-corrected chi connectivity index (χ1v) is 9.33. The predicted molar refractivity (Wildman–Crippen MR) is 87.4 cm³/mol. The lowest BCUT2D eigenvalue weighted by atomic mass is 9.97. The molecule has 8 heteroatoms. The second-order valence-electron chi connectivity index (χ2n) is 6.00. The van der Waals surface area contributed by atoms with E-state index in [0.717, 1.165) is 12.1 Å². The van der Waals surface area contributed by atoms with Gasteiger partial charge in [0.05, 0.1) is 11.5 Å². The Morgan fingerprint density at radius 3 is 2.46 bits per heavy atom. The quantitative estimate of drug-likeness (QED) is 0.834. The van der Waals surface area contributed by atoms with Crippen molar-refractivity contribution in [3.05, 3.63) is 30.1 Å². The average Bonchev–Trinajstić information content (AvgIpc) is 2.55. The van der Waals surface area contributed by atoms with Crippen molar-refractivity contribution in [1.29, 1.82) is 0 Å². The number of carbonyl (C=O) groups excluding carboxylic acids is 1. The van der Waals surface area contributed by atoms with Gasteiger partial charge in [0, 0.05) is 32.2 Å². The van der Waals surface area contributed by atoms with Crippen molar-refractivity contribution in [3.63, 3.8) is 0 Å². The number of ether oxygens (including phenoxy) is 1. The van der Waals surface area contributed by atoms with E-state index in [1.54, 1.807) is 7.11 Å². The van der Waals surface area contributed by atoms with Gasteiger partial charge in [0.25, 0.3) is 0 Å². The Bertz CT molecular complexity index is 655. The van der Waals surface area contributed by atoms with Crippen LogP contribution in [0, 0.1) is 11.7 Å². The Morgan fingerprint density at radius 2 is 1.92 bits per heavy atom. The Hall–Kier alpha value is -1.51. The van der Waals surface area contributed by atoms with Crippen molar-refractivity contribution in [3.8, 4) is 0 Å². The molecule has 1 amide bonds. The van der Waals surface area contributed by atoms with Crippen LogP contribution in [0.5, 0.6) is 0 Å². The molecule has 6 nitrogen and oxygen atoms in total. The number of rotatable bonds is 6. The first-order chi connectivity index (χ1) is 11.3. The van der Waals surface area contributed by atoms with Crippen LogP contribution in [-0.4, -0.2) is 51.5 Å². The van der Waals surface area contributed by atoms with E-state index in [1.165, 1.54) is 16.4 Å². The molecule has 0 bridgehead atoms. The molecular weight excluding hydrogens is 335 g/mol. The zero-order chi connectivity index (χ0) is 17.7. The molecule has 134 valence electrons. The van der Waals surface area contributed by atoms with E-state index in [2.05, 4.69) is 5.32 Å². The van der Waals surface area contributed by atoms with Gasteiger partial charge in [0.2, 0.25) is 15.9 Å². The van der Waals surface area contributed by atoms with Gasteiger partial charge in [0.1, 0.15) is 5.82 Å². The molecule has 1 fully saturated rings. The summed E-state index contributed by atoms with van der Waals surface area (Å²) in [5.74, 6) is -0.753. The molecule has 1 aromatic carbocycles. The van der Waals surface area contributed by atoms with Crippen LogP contribution in [0.2, 0.25) is 0 Å². The molecule has 2 rings (SSSR count). The highest BCUT2D eigenvalue weighted by Crippen LogP contribution is 2.24. The van der Waals surface area contributed by atoms with Gasteiger partial charge in [-0.25, -0.2) is 12.8 Å². The van der Waals surface area contributed by atoms with Crippen LogP contribution < -0.4 is 5.32 Å². The highest BCUT2D eigenvalue weighted by Gasteiger charge is 2.32. The zero-order valence-electron chi connectivity index (χ0n) is 13.9. The van der Waals surface area contributed by atoms with E-state index in [-0.39, 0.29) is 35.9 Å². The van der Waals surface area contributed by atoms with Crippen molar-refractivity contribution in [2.45, 2.75) is 30.7 Å². The zero-order valence-corrected chi connectivity index (χ0v) is 14.7. The number of methoxy groups -OCH3 is 1. The van der Waals surface area contributed by atoms with Gasteiger partial charge in [-0.15, -0.1) is 0 Å². The maximum atomic E-state index is 13.0. The van der Waals surface area contributed by atoms with E-state index in [0.29, 0.717) is 19.4 Å². The first-order valence-electron chi connectivity index (χ1n) is 7.89. The summed E-state index contributed by atoms with van der Waals surface area (Å²) < 4.78 is 44.3. The van der Waals surface area contributed by atoms with Gasteiger partial charge in [-0.05, 0) is 44.0 Å². The normalized spacial score (nSPS) is 18.3. The molecule has 1 aliphatic heterocycles. The second-order valence-corrected chi connectivity index (χ2v) is 7.94. The number of carbonyl (C=O) groups is 1. The van der Waals surface area contributed by atoms with E-state index in [9.17, 15) is 17.6 Å². The summed E-state index contributed by atoms with van der Waals surface area (Å²) >= 11 is 0. The first kappa shape index (κ1) is 18.8. The number of amides is 1. The van der Waals surface area contributed by atoms with Gasteiger partial charge in [-0.3, -0.25) is 4.79 Å². The molecule has 0 radical (unpaired) electrons. The van der Waals surface area contributed by atoms with Crippen LogP contribution in [0.4, 0.5) is 4.39 Å². The fourth-order valence-corrected chi connectivity index (χ4v) is 4.24. The minimum atomic E-state index is -3.64. The molecule has 1 aromatic rings. The lowest BCUT2D eigenvalue weighted by Gasteiger charge is -2.31. The molecule has 1 atom stereocenters. The van der Waals surface area contributed by atoms with Crippen LogP contribution in [0.25, 0.3) is 0 Å². The molecule has 1 aliphatic rings. The molecule has 1 saturated heterocycles. The summed E-state index contributed by atoms with van der Waals surface area (Å²) in [6.07, 6.45) is 0.928. The number of sulfonamides is 1. The third-order valence-electron chi connectivity index (χ3n) is 4.08. The minimum Gasteiger partial charge on any atom is -0.383 e. The van der Waals surface area contributed by atoms with Crippen molar-refractivity contribution in [2.75, 3.05) is 26.8 Å². The third-order valence-corrected chi connectivity index (χ3v) is 5.99. The largest absolute Gasteiger partial charge is 0.383 e. The number of halogens is 1. The molecular formula is C16H23FN2O4S. The molecule has 24 heavy (non-hydrogen) atoms. The SMILES string of the molecule is COC[C@@H](C)NC(=O)C1CCN(S(=O)(=O)c2ccc(F)cc2)CC1. The van der Waals surface area contributed by atoms with Crippen LogP contribution in [0.15, 0.2) is 29.2 Å². The Kier molecular flexibility index (Phi) is 6.31. The number of nitrogens with one attached hydrogen (secondary N) is 1. The number of piperidine rings is 1. The highest BCUT2D eigenvalue weighted by molar-refractivity contribution is 7.89. The minimum absolute atomic E-state index is 0.0699. The predicted octanol–water partition coefficient (Wildman–Crippen LogP) is 1.38. The maximum absolute atomic E-state index is 13.0. The van der Waals surface area contributed by atoms with E-state index < -0.39 is 15.8 Å². The van der Waals surface area contributed by atoms with Crippen LogP contribution in [-0.2, 0) is 19.6 Å². The van der Waals surface area contributed by atoms with Crippen molar-refractivity contribution in [1.82, 2.24) is 9.62 Å². The van der Waals surface area contributed by atoms with Crippen LogP contribution in [0.3, 0.4) is 0 Å². The number of hydrogen-bond donors (Lipinski definition) is 1. The summed E-state index contributed by atoms with van der Waals surface area (Å²) in [7, 11) is -2.07. The van der Waals surface area contributed by atoms with E-state index >= 15 is 0 Å². The monoisotopic (exact) mass is 358 g/mol. The maximum Gasteiger partial charge on any atom is 0.243 e. The van der Waals surface area contributed by atoms with Gasteiger partial charge < -0.3 is 10.1 Å². The van der Waals surface area contributed by atoms with Gasteiger partial charge >= 0.3 is 0 Å². The second kappa shape index (κ2) is 8.04. The molecule has 1 N–H and O–H groups in total. The fraction of sp³-hybridized carbons (Fsp3) is 0.562. The van der Waals surface area contributed by atoms with E-state index in [1.807, 2.05) is 6.92 Å². The van der Waals surface area contributed by atoms with Gasteiger partial charge in [-0.2, -0.15) is 4.31 Å². The fourth-order valence-electron chi connectivity index (χ4n) is 2.77. The van der Waals surface area contributed by atoms with Crippen molar-refractivity contribution in [2.24, 2.45) is 5.92 Å².